The number of hydrogen-bond donors (Lipinski definition) is 1. The van der Waals surface area contributed by atoms with Gasteiger partial charge in [-0.1, -0.05) is 0 Å². The summed E-state index contributed by atoms with van der Waals surface area (Å²) in [6.45, 7) is -0.918. The predicted octanol–water partition coefficient (Wildman–Crippen LogP) is 0.0512. The molecule has 0 saturated heterocycles. The Kier molecular flexibility index (Phi) is 3.00. The lowest BCUT2D eigenvalue weighted by Crippen LogP contribution is -2.14. The van der Waals surface area contributed by atoms with Gasteiger partial charge >= 0.3 is 6.09 Å². The van der Waals surface area contributed by atoms with E-state index in [0.29, 0.717) is 0 Å². The predicted molar refractivity (Wildman–Crippen MR) is 21.5 cm³/mol. The topological polar surface area (TPSA) is 52.3 Å². The van der Waals surface area contributed by atoms with Crippen LogP contribution in [0.15, 0.2) is 0 Å². The van der Waals surface area contributed by atoms with Crippen LogP contribution in [0.5, 0.6) is 0 Å². The van der Waals surface area contributed by atoms with E-state index >= 15 is 0 Å². The first-order valence-corrected chi connectivity index (χ1v) is 1.75. The minimum Gasteiger partial charge on any atom is -0.447 e. The number of nitrogens with two attached hydrogens (primary N) is 1. The zero-order chi connectivity index (χ0) is 5.70. The summed E-state index contributed by atoms with van der Waals surface area (Å²) in [4.78, 5) is 9.59. The molecule has 0 heterocycles. The molecule has 4 heteroatoms. The molecule has 0 unspecified atom stereocenters. The number of carbonyl (C=O) groups is 1. The Bertz CT molecular complexity index is 66.0. The van der Waals surface area contributed by atoms with Crippen LogP contribution in [0, 0.1) is 0 Å². The summed E-state index contributed by atoms with van der Waals surface area (Å²) in [5.41, 5.74) is 4.45. The summed E-state index contributed by atoms with van der Waals surface area (Å²) < 4.78 is 15.0. The molecule has 0 aliphatic heterocycles. The zero-order valence-electron chi connectivity index (χ0n) is 3.69. The molecule has 0 aliphatic rings. The van der Waals surface area contributed by atoms with Gasteiger partial charge in [0.1, 0.15) is 13.3 Å². The van der Waals surface area contributed by atoms with E-state index in [1.165, 1.54) is 0 Å². The first-order chi connectivity index (χ1) is 3.27. The fourth-order valence-corrected chi connectivity index (χ4v) is 0.139. The van der Waals surface area contributed by atoms with Gasteiger partial charge < -0.3 is 10.5 Å². The van der Waals surface area contributed by atoms with Crippen LogP contribution >= 0.6 is 0 Å². The summed E-state index contributed by atoms with van der Waals surface area (Å²) in [7, 11) is 0. The highest BCUT2D eigenvalue weighted by molar-refractivity contribution is 5.64. The van der Waals surface area contributed by atoms with E-state index in [1.807, 2.05) is 0 Å². The van der Waals surface area contributed by atoms with Gasteiger partial charge in [0.2, 0.25) is 0 Å². The van der Waals surface area contributed by atoms with Crippen LogP contribution in [0.2, 0.25) is 0 Å². The van der Waals surface area contributed by atoms with Crippen LogP contribution in [0.4, 0.5) is 9.18 Å². The highest BCUT2D eigenvalue weighted by Gasteiger charge is 1.88. The van der Waals surface area contributed by atoms with Crippen molar-refractivity contribution in [2.24, 2.45) is 5.73 Å². The van der Waals surface area contributed by atoms with Crippen LogP contribution in [0.3, 0.4) is 0 Å². The number of primary amides is 1. The Hall–Kier alpha value is -0.800. The summed E-state index contributed by atoms with van der Waals surface area (Å²) in [6, 6.07) is 0. The molecule has 0 aromatic carbocycles. The molecule has 0 aromatic rings. The molecule has 1 amide bonds. The number of halogens is 1. The van der Waals surface area contributed by atoms with Gasteiger partial charge in [0.05, 0.1) is 0 Å². The number of alkyl halides is 1. The summed E-state index contributed by atoms with van der Waals surface area (Å²) in [6.07, 6.45) is -0.933. The Morgan fingerprint density at radius 3 is 2.57 bits per heavy atom. The Labute approximate surface area is 40.2 Å². The second-order valence-electron chi connectivity index (χ2n) is 0.856. The van der Waals surface area contributed by atoms with Gasteiger partial charge in [-0.15, -0.1) is 0 Å². The van der Waals surface area contributed by atoms with E-state index in [9.17, 15) is 9.18 Å². The van der Waals surface area contributed by atoms with Crippen LogP contribution in [0.25, 0.3) is 0 Å². The molecule has 2 N–H and O–H groups in total. The van der Waals surface area contributed by atoms with Crippen LogP contribution < -0.4 is 5.73 Å². The summed E-state index contributed by atoms with van der Waals surface area (Å²) in [5, 5.41) is 0. The minimum atomic E-state index is -0.933. The Morgan fingerprint density at radius 1 is 1.86 bits per heavy atom. The number of amides is 1. The van der Waals surface area contributed by atoms with Crippen molar-refractivity contribution < 1.29 is 13.9 Å². The molecular weight excluding hydrogens is 101 g/mol. The fraction of sp³-hybridized carbons (Fsp3) is 0.667. The molecule has 0 atom stereocenters. The Balaban J connectivity index is 2.82. The van der Waals surface area contributed by atoms with Gasteiger partial charge in [-0.05, 0) is 0 Å². The molecule has 42 valence electrons. The first-order valence-electron chi connectivity index (χ1n) is 1.75. The third kappa shape index (κ3) is 5.20. The van der Waals surface area contributed by atoms with E-state index in [2.05, 4.69) is 10.5 Å². The molecule has 0 radical (unpaired) electrons. The smallest absolute Gasteiger partial charge is 0.404 e. The maximum atomic E-state index is 11.0. The maximum absolute atomic E-state index is 11.0. The molecule has 0 bridgehead atoms. The van der Waals surface area contributed by atoms with Crippen molar-refractivity contribution in [3.05, 3.63) is 0 Å². The monoisotopic (exact) mass is 107 g/mol. The third-order valence-electron chi connectivity index (χ3n) is 0.321. The summed E-state index contributed by atoms with van der Waals surface area (Å²) in [5.74, 6) is 0. The molecule has 0 aliphatic carbocycles. The van der Waals surface area contributed by atoms with Crippen LogP contribution in [0.1, 0.15) is 0 Å². The van der Waals surface area contributed by atoms with Gasteiger partial charge in [-0.3, -0.25) is 0 Å². The molecule has 0 aromatic heterocycles. The van der Waals surface area contributed by atoms with Gasteiger partial charge in [0.15, 0.2) is 0 Å². The van der Waals surface area contributed by atoms with Gasteiger partial charge in [0.25, 0.3) is 0 Å². The first kappa shape index (κ1) is 6.20. The van der Waals surface area contributed by atoms with Crippen molar-refractivity contribution in [3.8, 4) is 0 Å². The van der Waals surface area contributed by atoms with Gasteiger partial charge in [-0.2, -0.15) is 0 Å². The second kappa shape index (κ2) is 3.39. The van der Waals surface area contributed by atoms with Crippen molar-refractivity contribution in [3.63, 3.8) is 0 Å². The number of hydrogen-bond acceptors (Lipinski definition) is 2. The zero-order valence-corrected chi connectivity index (χ0v) is 3.69. The van der Waals surface area contributed by atoms with Crippen molar-refractivity contribution in [2.75, 3.05) is 13.3 Å². The van der Waals surface area contributed by atoms with Gasteiger partial charge in [-0.25, -0.2) is 9.18 Å². The van der Waals surface area contributed by atoms with E-state index in [1.54, 1.807) is 0 Å². The molecule has 0 saturated carbocycles. The van der Waals surface area contributed by atoms with E-state index < -0.39 is 12.8 Å². The number of carbonyl (C=O) groups excluding carboxylic acids is 1. The summed E-state index contributed by atoms with van der Waals surface area (Å²) >= 11 is 0. The lowest BCUT2D eigenvalue weighted by atomic mass is 10.8. The fourth-order valence-electron chi connectivity index (χ4n) is 0.139. The third-order valence-corrected chi connectivity index (χ3v) is 0.321. The Morgan fingerprint density at radius 2 is 2.43 bits per heavy atom. The molecule has 0 spiro atoms. The molecule has 7 heavy (non-hydrogen) atoms. The molecular formula is C3H6FNO2. The largest absolute Gasteiger partial charge is 0.447 e. The quantitative estimate of drug-likeness (QED) is 0.542. The standard InChI is InChI=1S/C3H6FNO2/c4-1-2-7-3(5)6/h1-2H2,(H2,5,6). The SMILES string of the molecule is NC(=O)OCCF. The average molecular weight is 107 g/mol. The van der Waals surface area contributed by atoms with Crippen molar-refractivity contribution in [1.82, 2.24) is 0 Å². The lowest BCUT2D eigenvalue weighted by molar-refractivity contribution is 0.147. The minimum absolute atomic E-state index is 0.241. The van der Waals surface area contributed by atoms with Crippen LogP contribution in [-0.4, -0.2) is 19.4 Å². The van der Waals surface area contributed by atoms with E-state index in [4.69, 9.17) is 0 Å². The van der Waals surface area contributed by atoms with Crippen molar-refractivity contribution >= 4 is 6.09 Å². The normalized spacial score (nSPS) is 8.14. The van der Waals surface area contributed by atoms with E-state index in [0.717, 1.165) is 0 Å². The number of ether oxygens (including phenoxy) is 1. The van der Waals surface area contributed by atoms with E-state index in [-0.39, 0.29) is 6.61 Å². The van der Waals surface area contributed by atoms with Gasteiger partial charge in [0, 0.05) is 0 Å². The highest BCUT2D eigenvalue weighted by atomic mass is 19.1. The average Bonchev–Trinajstić information content (AvgIpc) is 1.61. The number of rotatable bonds is 2. The molecule has 3 nitrogen and oxygen atoms in total. The molecule has 0 fully saturated rings. The maximum Gasteiger partial charge on any atom is 0.404 e. The second-order valence-corrected chi connectivity index (χ2v) is 0.856. The highest BCUT2D eigenvalue weighted by Crippen LogP contribution is 1.72. The van der Waals surface area contributed by atoms with Crippen LogP contribution in [-0.2, 0) is 4.74 Å². The van der Waals surface area contributed by atoms with Crippen molar-refractivity contribution in [2.45, 2.75) is 0 Å². The lowest BCUT2D eigenvalue weighted by Gasteiger charge is -1.91. The molecule has 0 rings (SSSR count). The van der Waals surface area contributed by atoms with Crippen molar-refractivity contribution in [1.29, 1.82) is 0 Å².